The zero-order valence-corrected chi connectivity index (χ0v) is 15.6. The van der Waals surface area contributed by atoms with Gasteiger partial charge in [0.05, 0.1) is 0 Å². The zero-order chi connectivity index (χ0) is 18.7. The van der Waals surface area contributed by atoms with Crippen LogP contribution in [0.15, 0.2) is 60.7 Å². The minimum Gasteiger partial charge on any atom is -0.342 e. The van der Waals surface area contributed by atoms with Crippen LogP contribution in [0.1, 0.15) is 31.2 Å². The predicted octanol–water partition coefficient (Wildman–Crippen LogP) is 3.89. The van der Waals surface area contributed by atoms with Crippen molar-refractivity contribution in [3.05, 3.63) is 66.2 Å². The highest BCUT2D eigenvalue weighted by Gasteiger charge is 2.58. The van der Waals surface area contributed by atoms with Crippen LogP contribution in [0.25, 0.3) is 0 Å². The lowest BCUT2D eigenvalue weighted by atomic mass is 9.89. The van der Waals surface area contributed by atoms with Gasteiger partial charge >= 0.3 is 0 Å². The van der Waals surface area contributed by atoms with Crippen LogP contribution in [0.3, 0.4) is 0 Å². The first kappa shape index (κ1) is 17.8. The van der Waals surface area contributed by atoms with Gasteiger partial charge in [0.15, 0.2) is 0 Å². The molecule has 0 unspecified atom stereocenters. The number of carbonyl (C=O) groups is 2. The van der Waals surface area contributed by atoms with Crippen LogP contribution in [0.5, 0.6) is 0 Å². The maximum absolute atomic E-state index is 13.0. The van der Waals surface area contributed by atoms with Gasteiger partial charge in [-0.1, -0.05) is 48.5 Å². The molecule has 1 saturated carbocycles. The average Bonchev–Trinajstić information content (AvgIpc) is 3.52. The van der Waals surface area contributed by atoms with Gasteiger partial charge in [-0.25, -0.2) is 0 Å². The molecule has 0 spiro atoms. The van der Waals surface area contributed by atoms with E-state index in [4.69, 9.17) is 0 Å². The Hall–Kier alpha value is -2.62. The van der Waals surface area contributed by atoms with Gasteiger partial charge in [0.1, 0.15) is 5.41 Å². The van der Waals surface area contributed by atoms with E-state index in [1.54, 1.807) is 0 Å². The number of hydrogen-bond donors (Lipinski definition) is 1. The van der Waals surface area contributed by atoms with Crippen LogP contribution in [0, 0.1) is 11.3 Å². The number of likely N-dealkylation sites (tertiary alicyclic amines) is 1. The molecule has 0 atom stereocenters. The molecule has 0 aromatic heterocycles. The highest BCUT2D eigenvalue weighted by Crippen LogP contribution is 2.48. The number of carbonyl (C=O) groups excluding carboxylic acids is 2. The highest BCUT2D eigenvalue weighted by molar-refractivity contribution is 6.13. The summed E-state index contributed by atoms with van der Waals surface area (Å²) in [4.78, 5) is 27.7. The van der Waals surface area contributed by atoms with Crippen molar-refractivity contribution in [2.75, 3.05) is 18.4 Å². The lowest BCUT2D eigenvalue weighted by Gasteiger charge is -2.34. The molecule has 1 aliphatic carbocycles. The summed E-state index contributed by atoms with van der Waals surface area (Å²) in [6, 6.07) is 19.9. The number of para-hydroxylation sites is 1. The summed E-state index contributed by atoms with van der Waals surface area (Å²) in [6.07, 6.45) is 4.42. The van der Waals surface area contributed by atoms with Gasteiger partial charge in [-0.15, -0.1) is 0 Å². The van der Waals surface area contributed by atoms with E-state index in [1.165, 1.54) is 5.56 Å². The topological polar surface area (TPSA) is 49.4 Å². The van der Waals surface area contributed by atoms with Gasteiger partial charge in [-0.2, -0.15) is 0 Å². The van der Waals surface area contributed by atoms with Crippen LogP contribution in [-0.4, -0.2) is 29.8 Å². The van der Waals surface area contributed by atoms with Crippen molar-refractivity contribution in [2.24, 2.45) is 11.3 Å². The third kappa shape index (κ3) is 3.90. The maximum Gasteiger partial charge on any atom is 0.240 e. The summed E-state index contributed by atoms with van der Waals surface area (Å²) in [7, 11) is 0. The van der Waals surface area contributed by atoms with Gasteiger partial charge in [-0.05, 0) is 55.7 Å². The molecule has 1 saturated heterocycles. The van der Waals surface area contributed by atoms with Crippen molar-refractivity contribution in [2.45, 2.75) is 32.1 Å². The first-order valence-electron chi connectivity index (χ1n) is 9.87. The van der Waals surface area contributed by atoms with Crippen LogP contribution in [-0.2, 0) is 16.0 Å². The number of amides is 2. The van der Waals surface area contributed by atoms with Crippen LogP contribution in [0.4, 0.5) is 5.69 Å². The third-order valence-corrected chi connectivity index (χ3v) is 5.89. The molecule has 140 valence electrons. The fourth-order valence-corrected chi connectivity index (χ4v) is 4.03. The Morgan fingerprint density at radius 2 is 1.52 bits per heavy atom. The van der Waals surface area contributed by atoms with E-state index in [-0.39, 0.29) is 11.8 Å². The second kappa shape index (κ2) is 7.55. The van der Waals surface area contributed by atoms with Crippen molar-refractivity contribution in [1.29, 1.82) is 0 Å². The zero-order valence-electron chi connectivity index (χ0n) is 15.6. The monoisotopic (exact) mass is 362 g/mol. The molecule has 4 heteroatoms. The Morgan fingerprint density at radius 1 is 0.926 bits per heavy atom. The average molecular weight is 362 g/mol. The number of rotatable bonds is 5. The van der Waals surface area contributed by atoms with Gasteiger partial charge in [0, 0.05) is 18.8 Å². The van der Waals surface area contributed by atoms with E-state index in [2.05, 4.69) is 29.6 Å². The molecule has 1 heterocycles. The molecule has 0 radical (unpaired) electrons. The van der Waals surface area contributed by atoms with E-state index in [0.29, 0.717) is 18.8 Å². The number of benzene rings is 2. The molecule has 2 aromatic carbocycles. The second-order valence-corrected chi connectivity index (χ2v) is 7.83. The Bertz CT molecular complexity index is 792. The minimum atomic E-state index is -0.831. The Morgan fingerprint density at radius 3 is 2.11 bits per heavy atom. The predicted molar refractivity (Wildman–Crippen MR) is 106 cm³/mol. The van der Waals surface area contributed by atoms with Crippen molar-refractivity contribution < 1.29 is 9.59 Å². The number of nitrogens with zero attached hydrogens (tertiary/aromatic N) is 1. The molecule has 4 nitrogen and oxygen atoms in total. The first-order chi connectivity index (χ1) is 13.2. The third-order valence-electron chi connectivity index (χ3n) is 5.89. The van der Waals surface area contributed by atoms with E-state index in [9.17, 15) is 9.59 Å². The van der Waals surface area contributed by atoms with E-state index in [0.717, 1.165) is 38.0 Å². The summed E-state index contributed by atoms with van der Waals surface area (Å²) in [6.45, 7) is 1.52. The smallest absolute Gasteiger partial charge is 0.240 e. The summed E-state index contributed by atoms with van der Waals surface area (Å²) in [5.41, 5.74) is 1.29. The van der Waals surface area contributed by atoms with Gasteiger partial charge in [0.2, 0.25) is 11.8 Å². The standard InChI is InChI=1S/C23H26N2O2/c26-21(24-20-9-5-2-6-10-20)23(13-14-23)22(27)25-15-11-19(12-16-25)17-18-7-3-1-4-8-18/h1-10,19H,11-17H2,(H,24,26). The van der Waals surface area contributed by atoms with E-state index >= 15 is 0 Å². The second-order valence-electron chi connectivity index (χ2n) is 7.83. The molecule has 2 aromatic rings. The van der Waals surface area contributed by atoms with E-state index < -0.39 is 5.41 Å². The minimum absolute atomic E-state index is 0.0223. The Balaban J connectivity index is 1.33. The Labute approximate surface area is 160 Å². The fraction of sp³-hybridized carbons (Fsp3) is 0.391. The lowest BCUT2D eigenvalue weighted by Crippen LogP contribution is -2.46. The van der Waals surface area contributed by atoms with Crippen molar-refractivity contribution in [3.63, 3.8) is 0 Å². The highest BCUT2D eigenvalue weighted by atomic mass is 16.2. The van der Waals surface area contributed by atoms with Gasteiger partial charge in [0.25, 0.3) is 0 Å². The molecule has 4 rings (SSSR count). The number of anilines is 1. The summed E-state index contributed by atoms with van der Waals surface area (Å²) in [5, 5.41) is 2.92. The molecule has 27 heavy (non-hydrogen) atoms. The number of piperidine rings is 1. The number of nitrogens with one attached hydrogen (secondary N) is 1. The van der Waals surface area contributed by atoms with Crippen molar-refractivity contribution in [1.82, 2.24) is 4.90 Å². The molecule has 2 amide bonds. The maximum atomic E-state index is 13.0. The normalized spacial score (nSPS) is 18.7. The molecule has 1 aliphatic heterocycles. The molecular weight excluding hydrogens is 336 g/mol. The largest absolute Gasteiger partial charge is 0.342 e. The van der Waals surface area contributed by atoms with E-state index in [1.807, 2.05) is 41.3 Å². The first-order valence-corrected chi connectivity index (χ1v) is 9.87. The van der Waals surface area contributed by atoms with Crippen LogP contribution in [0.2, 0.25) is 0 Å². The quantitative estimate of drug-likeness (QED) is 0.821. The molecular formula is C23H26N2O2. The summed E-state index contributed by atoms with van der Waals surface area (Å²) < 4.78 is 0. The van der Waals surface area contributed by atoms with Crippen molar-refractivity contribution >= 4 is 17.5 Å². The molecule has 2 aliphatic rings. The van der Waals surface area contributed by atoms with Crippen molar-refractivity contribution in [3.8, 4) is 0 Å². The molecule has 1 N–H and O–H groups in total. The fourth-order valence-electron chi connectivity index (χ4n) is 4.03. The molecule has 0 bridgehead atoms. The number of hydrogen-bond acceptors (Lipinski definition) is 2. The summed E-state index contributed by atoms with van der Waals surface area (Å²) in [5.74, 6) is 0.490. The summed E-state index contributed by atoms with van der Waals surface area (Å²) >= 11 is 0. The van der Waals surface area contributed by atoms with Crippen LogP contribution < -0.4 is 5.32 Å². The Kier molecular flexibility index (Phi) is 4.97. The SMILES string of the molecule is O=C(Nc1ccccc1)C1(C(=O)N2CCC(Cc3ccccc3)CC2)CC1. The van der Waals surface area contributed by atoms with Crippen LogP contribution >= 0.6 is 0 Å². The van der Waals surface area contributed by atoms with Gasteiger partial charge < -0.3 is 10.2 Å². The van der Waals surface area contributed by atoms with Gasteiger partial charge in [-0.3, -0.25) is 9.59 Å². The lowest BCUT2D eigenvalue weighted by molar-refractivity contribution is -0.143. The molecule has 2 fully saturated rings.